The monoisotopic (exact) mass is 432 g/mol. The van der Waals surface area contributed by atoms with E-state index in [2.05, 4.69) is 5.32 Å². The lowest BCUT2D eigenvalue weighted by atomic mass is 10.1. The molecule has 5 nitrogen and oxygen atoms in total. The van der Waals surface area contributed by atoms with Gasteiger partial charge < -0.3 is 14.8 Å². The van der Waals surface area contributed by atoms with E-state index in [0.717, 1.165) is 5.56 Å². The Morgan fingerprint density at radius 2 is 1.84 bits per heavy atom. The largest absolute Gasteiger partial charge is 0.493 e. The van der Waals surface area contributed by atoms with Crippen LogP contribution in [-0.2, 0) is 11.4 Å². The molecule has 3 aromatic carbocycles. The number of amides is 1. The number of nitrogens with zero attached hydrogens (tertiary/aromatic N) is 1. The molecular formula is C25H21ClN2O3. The lowest BCUT2D eigenvalue weighted by Crippen LogP contribution is -2.13. The van der Waals surface area contributed by atoms with Crippen molar-refractivity contribution < 1.29 is 14.3 Å². The van der Waals surface area contributed by atoms with Crippen molar-refractivity contribution in [1.82, 2.24) is 0 Å². The maximum Gasteiger partial charge on any atom is 0.266 e. The fourth-order valence-corrected chi connectivity index (χ4v) is 2.99. The SMILES string of the molecule is COc1cc(/C=C(\C#N)C(=O)Nc2ccccc2Cl)ccc1OCc1ccc(C)cc1. The van der Waals surface area contributed by atoms with Gasteiger partial charge in [0.15, 0.2) is 11.5 Å². The van der Waals surface area contributed by atoms with E-state index in [4.69, 9.17) is 21.1 Å². The van der Waals surface area contributed by atoms with Crippen molar-refractivity contribution in [2.75, 3.05) is 12.4 Å². The summed E-state index contributed by atoms with van der Waals surface area (Å²) in [6.07, 6.45) is 1.48. The fourth-order valence-electron chi connectivity index (χ4n) is 2.81. The van der Waals surface area contributed by atoms with E-state index in [9.17, 15) is 10.1 Å². The maximum absolute atomic E-state index is 12.5. The molecule has 6 heteroatoms. The zero-order valence-electron chi connectivity index (χ0n) is 17.2. The van der Waals surface area contributed by atoms with Gasteiger partial charge in [-0.15, -0.1) is 0 Å². The van der Waals surface area contributed by atoms with E-state index in [1.165, 1.54) is 18.7 Å². The highest BCUT2D eigenvalue weighted by Crippen LogP contribution is 2.30. The molecule has 0 heterocycles. The topological polar surface area (TPSA) is 71.3 Å². The normalized spacial score (nSPS) is 10.8. The van der Waals surface area contributed by atoms with Crippen molar-refractivity contribution in [1.29, 1.82) is 5.26 Å². The molecule has 0 bridgehead atoms. The zero-order valence-corrected chi connectivity index (χ0v) is 17.9. The molecule has 3 rings (SSSR count). The number of hydrogen-bond donors (Lipinski definition) is 1. The van der Waals surface area contributed by atoms with E-state index < -0.39 is 5.91 Å². The summed E-state index contributed by atoms with van der Waals surface area (Å²) in [5.41, 5.74) is 3.23. The summed E-state index contributed by atoms with van der Waals surface area (Å²) in [5, 5.41) is 12.5. The van der Waals surface area contributed by atoms with Crippen LogP contribution in [-0.4, -0.2) is 13.0 Å². The van der Waals surface area contributed by atoms with Crippen LogP contribution >= 0.6 is 11.6 Å². The first-order valence-electron chi connectivity index (χ1n) is 9.54. The predicted octanol–water partition coefficient (Wildman–Crippen LogP) is 5.78. The number of halogens is 1. The highest BCUT2D eigenvalue weighted by atomic mass is 35.5. The average Bonchev–Trinajstić information content (AvgIpc) is 2.78. The van der Waals surface area contributed by atoms with Crippen LogP contribution in [0.3, 0.4) is 0 Å². The molecule has 0 atom stereocenters. The molecule has 156 valence electrons. The third kappa shape index (κ3) is 5.88. The van der Waals surface area contributed by atoms with Gasteiger partial charge in [0.2, 0.25) is 0 Å². The molecule has 31 heavy (non-hydrogen) atoms. The molecule has 0 aliphatic heterocycles. The molecule has 0 radical (unpaired) electrons. The van der Waals surface area contributed by atoms with Crippen LogP contribution in [0.4, 0.5) is 5.69 Å². The van der Waals surface area contributed by atoms with E-state index in [1.807, 2.05) is 37.3 Å². The van der Waals surface area contributed by atoms with Gasteiger partial charge in [0.25, 0.3) is 5.91 Å². The summed E-state index contributed by atoms with van der Waals surface area (Å²) >= 11 is 6.07. The van der Waals surface area contributed by atoms with Gasteiger partial charge in [-0.1, -0.05) is 59.6 Å². The minimum atomic E-state index is -0.547. The first-order chi connectivity index (χ1) is 15.0. The van der Waals surface area contributed by atoms with Crippen molar-refractivity contribution >= 4 is 29.3 Å². The number of hydrogen-bond acceptors (Lipinski definition) is 4. The molecule has 0 fully saturated rings. The van der Waals surface area contributed by atoms with Gasteiger partial charge in [-0.2, -0.15) is 5.26 Å². The van der Waals surface area contributed by atoms with Gasteiger partial charge >= 0.3 is 0 Å². The standard InChI is InChI=1S/C25H21ClN2O3/c1-17-7-9-18(10-8-17)16-31-23-12-11-19(14-24(23)30-2)13-20(15-27)25(29)28-22-6-4-3-5-21(22)26/h3-14H,16H2,1-2H3,(H,28,29)/b20-13+. The summed E-state index contributed by atoms with van der Waals surface area (Å²) in [4.78, 5) is 12.5. The summed E-state index contributed by atoms with van der Waals surface area (Å²) < 4.78 is 11.3. The highest BCUT2D eigenvalue weighted by Gasteiger charge is 2.12. The molecule has 0 aliphatic rings. The summed E-state index contributed by atoms with van der Waals surface area (Å²) in [7, 11) is 1.54. The second kappa shape index (κ2) is 10.3. The number of ether oxygens (including phenoxy) is 2. The smallest absolute Gasteiger partial charge is 0.266 e. The van der Waals surface area contributed by atoms with E-state index >= 15 is 0 Å². The molecule has 0 saturated heterocycles. The summed E-state index contributed by atoms with van der Waals surface area (Å²) in [6.45, 7) is 2.43. The van der Waals surface area contributed by atoms with E-state index in [1.54, 1.807) is 42.5 Å². The number of methoxy groups -OCH3 is 1. The Labute approximate surface area is 186 Å². The number of carbonyl (C=O) groups excluding carboxylic acids is 1. The first-order valence-corrected chi connectivity index (χ1v) is 9.92. The van der Waals surface area contributed by atoms with Crippen molar-refractivity contribution in [3.8, 4) is 17.6 Å². The summed E-state index contributed by atoms with van der Waals surface area (Å²) in [5.74, 6) is 0.526. The Hall–Kier alpha value is -3.75. The Morgan fingerprint density at radius 3 is 2.52 bits per heavy atom. The molecule has 0 saturated carbocycles. The van der Waals surface area contributed by atoms with E-state index in [0.29, 0.717) is 34.4 Å². The molecule has 0 spiro atoms. The third-order valence-electron chi connectivity index (χ3n) is 4.50. The van der Waals surface area contributed by atoms with Crippen LogP contribution in [0, 0.1) is 18.3 Å². The Kier molecular flexibility index (Phi) is 7.31. The van der Waals surface area contributed by atoms with E-state index in [-0.39, 0.29) is 5.57 Å². The minimum absolute atomic E-state index is 0.0599. The molecule has 1 N–H and O–H groups in total. The number of anilines is 1. The Bertz CT molecular complexity index is 1150. The molecule has 0 aliphatic carbocycles. The molecular weight excluding hydrogens is 412 g/mol. The number of nitrogens with one attached hydrogen (secondary N) is 1. The quantitative estimate of drug-likeness (QED) is 0.379. The van der Waals surface area contributed by atoms with Crippen molar-refractivity contribution in [3.63, 3.8) is 0 Å². The number of para-hydroxylation sites is 1. The summed E-state index contributed by atoms with van der Waals surface area (Å²) in [6, 6.07) is 22.1. The van der Waals surface area contributed by atoms with Crippen molar-refractivity contribution in [2.24, 2.45) is 0 Å². The van der Waals surface area contributed by atoms with Crippen LogP contribution in [0.2, 0.25) is 5.02 Å². The Morgan fingerprint density at radius 1 is 1.10 bits per heavy atom. The third-order valence-corrected chi connectivity index (χ3v) is 4.83. The zero-order chi connectivity index (χ0) is 22.2. The minimum Gasteiger partial charge on any atom is -0.493 e. The predicted molar refractivity (Wildman–Crippen MR) is 122 cm³/mol. The van der Waals surface area contributed by atoms with Gasteiger partial charge in [0, 0.05) is 0 Å². The number of benzene rings is 3. The van der Waals surface area contributed by atoms with Gasteiger partial charge in [-0.05, 0) is 48.4 Å². The molecule has 0 aromatic heterocycles. The molecule has 1 amide bonds. The van der Waals surface area contributed by atoms with Crippen LogP contribution < -0.4 is 14.8 Å². The fraction of sp³-hybridized carbons (Fsp3) is 0.120. The van der Waals surface area contributed by atoms with Gasteiger partial charge in [-0.25, -0.2) is 0 Å². The lowest BCUT2D eigenvalue weighted by molar-refractivity contribution is -0.112. The average molecular weight is 433 g/mol. The number of aryl methyl sites for hydroxylation is 1. The number of carbonyl (C=O) groups is 1. The second-order valence-corrected chi connectivity index (χ2v) is 7.20. The van der Waals surface area contributed by atoms with Crippen LogP contribution in [0.1, 0.15) is 16.7 Å². The lowest BCUT2D eigenvalue weighted by Gasteiger charge is -2.12. The van der Waals surface area contributed by atoms with Crippen LogP contribution in [0.5, 0.6) is 11.5 Å². The highest BCUT2D eigenvalue weighted by molar-refractivity contribution is 6.34. The van der Waals surface area contributed by atoms with Gasteiger partial charge in [0.1, 0.15) is 18.2 Å². The molecule has 3 aromatic rings. The number of rotatable bonds is 7. The van der Waals surface area contributed by atoms with Crippen molar-refractivity contribution in [2.45, 2.75) is 13.5 Å². The number of nitriles is 1. The molecule has 0 unspecified atom stereocenters. The first kappa shape index (κ1) is 21.9. The van der Waals surface area contributed by atoms with Crippen molar-refractivity contribution in [3.05, 3.63) is 94.0 Å². The maximum atomic E-state index is 12.5. The van der Waals surface area contributed by atoms with Crippen LogP contribution in [0.15, 0.2) is 72.3 Å². The second-order valence-electron chi connectivity index (χ2n) is 6.79. The Balaban J connectivity index is 1.75. The van der Waals surface area contributed by atoms with Gasteiger partial charge in [0.05, 0.1) is 17.8 Å². The van der Waals surface area contributed by atoms with Crippen LogP contribution in [0.25, 0.3) is 6.08 Å². The van der Waals surface area contributed by atoms with Gasteiger partial charge in [-0.3, -0.25) is 4.79 Å².